The van der Waals surface area contributed by atoms with E-state index in [4.69, 9.17) is 9.84 Å². The highest BCUT2D eigenvalue weighted by Gasteiger charge is 2.21. The van der Waals surface area contributed by atoms with Crippen molar-refractivity contribution in [2.24, 2.45) is 5.92 Å². The summed E-state index contributed by atoms with van der Waals surface area (Å²) in [6.45, 7) is 2.36. The van der Waals surface area contributed by atoms with Crippen LogP contribution in [0.1, 0.15) is 31.2 Å². The van der Waals surface area contributed by atoms with Gasteiger partial charge in [-0.1, -0.05) is 12.1 Å². The zero-order valence-electron chi connectivity index (χ0n) is 12.3. The smallest absolute Gasteiger partial charge is 0.303 e. The van der Waals surface area contributed by atoms with Crippen molar-refractivity contribution < 1.29 is 19.0 Å². The van der Waals surface area contributed by atoms with Crippen LogP contribution >= 0.6 is 0 Å². The average molecular weight is 295 g/mol. The topological polar surface area (TPSA) is 49.8 Å². The number of aliphatic carboxylic acids is 1. The molecule has 1 aromatic rings. The number of piperidine rings is 1. The van der Waals surface area contributed by atoms with Crippen LogP contribution in [-0.2, 0) is 11.3 Å². The summed E-state index contributed by atoms with van der Waals surface area (Å²) in [5, 5.41) is 8.71. The number of hydrogen-bond donors (Lipinski definition) is 1. The van der Waals surface area contributed by atoms with E-state index in [2.05, 4.69) is 4.90 Å². The zero-order valence-corrected chi connectivity index (χ0v) is 12.3. The van der Waals surface area contributed by atoms with Crippen molar-refractivity contribution in [2.75, 3.05) is 20.2 Å². The number of rotatable bonds is 6. The molecule has 1 aromatic carbocycles. The van der Waals surface area contributed by atoms with Gasteiger partial charge in [-0.15, -0.1) is 0 Å². The molecule has 0 radical (unpaired) electrons. The van der Waals surface area contributed by atoms with E-state index < -0.39 is 5.97 Å². The number of carboxylic acids is 1. The van der Waals surface area contributed by atoms with Gasteiger partial charge in [0.15, 0.2) is 11.6 Å². The third-order valence-electron chi connectivity index (χ3n) is 4.13. The summed E-state index contributed by atoms with van der Waals surface area (Å²) in [5.74, 6) is -0.250. The Balaban J connectivity index is 1.85. The number of carbonyl (C=O) groups is 1. The summed E-state index contributed by atoms with van der Waals surface area (Å²) in [6, 6.07) is 5.21. The summed E-state index contributed by atoms with van der Waals surface area (Å²) in [4.78, 5) is 12.8. The first-order chi connectivity index (χ1) is 10.1. The fourth-order valence-electron chi connectivity index (χ4n) is 2.84. The number of benzene rings is 1. The molecule has 2 rings (SSSR count). The van der Waals surface area contributed by atoms with Crippen LogP contribution in [-0.4, -0.2) is 36.2 Å². The van der Waals surface area contributed by atoms with Gasteiger partial charge in [0.2, 0.25) is 0 Å². The number of likely N-dealkylation sites (tertiary alicyclic amines) is 1. The van der Waals surface area contributed by atoms with Gasteiger partial charge in [-0.05, 0) is 44.3 Å². The van der Waals surface area contributed by atoms with Gasteiger partial charge in [-0.2, -0.15) is 0 Å². The lowest BCUT2D eigenvalue weighted by Gasteiger charge is -2.31. The predicted octanol–water partition coefficient (Wildman–Crippen LogP) is 2.91. The molecule has 1 heterocycles. The van der Waals surface area contributed by atoms with Crippen molar-refractivity contribution in [2.45, 2.75) is 32.2 Å². The quantitative estimate of drug-likeness (QED) is 0.876. The van der Waals surface area contributed by atoms with E-state index in [1.807, 2.05) is 0 Å². The molecule has 116 valence electrons. The fraction of sp³-hybridized carbons (Fsp3) is 0.562. The van der Waals surface area contributed by atoms with Gasteiger partial charge in [-0.3, -0.25) is 9.69 Å². The molecule has 1 aliphatic rings. The lowest BCUT2D eigenvalue weighted by molar-refractivity contribution is -0.137. The second-order valence-electron chi connectivity index (χ2n) is 5.59. The first-order valence-corrected chi connectivity index (χ1v) is 7.35. The molecule has 0 unspecified atom stereocenters. The number of ether oxygens (including phenoxy) is 1. The molecule has 4 nitrogen and oxygen atoms in total. The molecule has 1 aliphatic heterocycles. The molecule has 0 spiro atoms. The summed E-state index contributed by atoms with van der Waals surface area (Å²) in [5.41, 5.74) is 0.651. The van der Waals surface area contributed by atoms with Gasteiger partial charge >= 0.3 is 5.97 Å². The minimum absolute atomic E-state index is 0.245. The lowest BCUT2D eigenvalue weighted by atomic mass is 9.92. The Kier molecular flexibility index (Phi) is 5.56. The average Bonchev–Trinajstić information content (AvgIpc) is 2.48. The molecule has 0 bridgehead atoms. The van der Waals surface area contributed by atoms with E-state index in [0.29, 0.717) is 18.0 Å². The third kappa shape index (κ3) is 4.43. The molecule has 1 N–H and O–H groups in total. The van der Waals surface area contributed by atoms with Crippen LogP contribution in [0.2, 0.25) is 0 Å². The van der Waals surface area contributed by atoms with Gasteiger partial charge in [0.25, 0.3) is 0 Å². The van der Waals surface area contributed by atoms with E-state index in [1.54, 1.807) is 18.2 Å². The second kappa shape index (κ2) is 7.41. The van der Waals surface area contributed by atoms with Gasteiger partial charge in [0.05, 0.1) is 7.11 Å². The molecular weight excluding hydrogens is 273 g/mol. The Morgan fingerprint density at radius 2 is 2.14 bits per heavy atom. The first-order valence-electron chi connectivity index (χ1n) is 7.35. The minimum Gasteiger partial charge on any atom is -0.494 e. The van der Waals surface area contributed by atoms with Crippen molar-refractivity contribution in [3.63, 3.8) is 0 Å². The second-order valence-corrected chi connectivity index (χ2v) is 5.59. The maximum absolute atomic E-state index is 14.1. The van der Waals surface area contributed by atoms with Crippen LogP contribution in [0.15, 0.2) is 18.2 Å². The highest BCUT2D eigenvalue weighted by molar-refractivity contribution is 5.66. The van der Waals surface area contributed by atoms with E-state index in [0.717, 1.165) is 32.4 Å². The largest absolute Gasteiger partial charge is 0.494 e. The Morgan fingerprint density at radius 1 is 1.43 bits per heavy atom. The highest BCUT2D eigenvalue weighted by atomic mass is 19.1. The van der Waals surface area contributed by atoms with Crippen molar-refractivity contribution in [3.05, 3.63) is 29.6 Å². The Bertz CT molecular complexity index is 484. The van der Waals surface area contributed by atoms with E-state index in [1.165, 1.54) is 7.11 Å². The van der Waals surface area contributed by atoms with Crippen LogP contribution in [0.4, 0.5) is 4.39 Å². The van der Waals surface area contributed by atoms with Crippen molar-refractivity contribution in [3.8, 4) is 5.75 Å². The Hall–Kier alpha value is -1.62. The van der Waals surface area contributed by atoms with Crippen LogP contribution in [0, 0.1) is 11.7 Å². The Morgan fingerprint density at radius 3 is 2.76 bits per heavy atom. The minimum atomic E-state index is -0.726. The number of hydrogen-bond acceptors (Lipinski definition) is 3. The zero-order chi connectivity index (χ0) is 15.2. The maximum Gasteiger partial charge on any atom is 0.303 e. The summed E-state index contributed by atoms with van der Waals surface area (Å²) >= 11 is 0. The lowest BCUT2D eigenvalue weighted by Crippen LogP contribution is -2.33. The molecule has 0 saturated carbocycles. The van der Waals surface area contributed by atoms with Crippen LogP contribution in [0.3, 0.4) is 0 Å². The highest BCUT2D eigenvalue weighted by Crippen LogP contribution is 2.25. The predicted molar refractivity (Wildman–Crippen MR) is 77.8 cm³/mol. The van der Waals surface area contributed by atoms with Gasteiger partial charge in [-0.25, -0.2) is 4.39 Å². The number of halogens is 1. The molecule has 5 heteroatoms. The monoisotopic (exact) mass is 295 g/mol. The summed E-state index contributed by atoms with van der Waals surface area (Å²) in [6.07, 6.45) is 2.96. The van der Waals surface area contributed by atoms with Crippen molar-refractivity contribution >= 4 is 5.97 Å². The molecular formula is C16H22FNO3. The van der Waals surface area contributed by atoms with Crippen LogP contribution < -0.4 is 4.74 Å². The Labute approximate surface area is 124 Å². The van der Waals surface area contributed by atoms with E-state index in [9.17, 15) is 9.18 Å². The maximum atomic E-state index is 14.1. The van der Waals surface area contributed by atoms with E-state index >= 15 is 0 Å². The molecule has 0 aromatic heterocycles. The standard InChI is InChI=1S/C16H22FNO3/c1-21-14-4-2-3-13(16(14)17)11-18-9-7-12(8-10-18)5-6-15(19)20/h2-4,12H,5-11H2,1H3,(H,19,20). The van der Waals surface area contributed by atoms with E-state index in [-0.39, 0.29) is 18.0 Å². The molecule has 1 saturated heterocycles. The molecule has 0 aliphatic carbocycles. The van der Waals surface area contributed by atoms with Gasteiger partial charge < -0.3 is 9.84 Å². The van der Waals surface area contributed by atoms with Gasteiger partial charge in [0.1, 0.15) is 0 Å². The van der Waals surface area contributed by atoms with Crippen molar-refractivity contribution in [1.82, 2.24) is 4.90 Å². The first kappa shape index (κ1) is 15.8. The fourth-order valence-corrected chi connectivity index (χ4v) is 2.84. The third-order valence-corrected chi connectivity index (χ3v) is 4.13. The van der Waals surface area contributed by atoms with Gasteiger partial charge in [0, 0.05) is 18.5 Å². The summed E-state index contributed by atoms with van der Waals surface area (Å²) < 4.78 is 19.1. The SMILES string of the molecule is COc1cccc(CN2CCC(CCC(=O)O)CC2)c1F. The summed E-state index contributed by atoms with van der Waals surface area (Å²) in [7, 11) is 1.47. The number of carboxylic acid groups (broad SMARTS) is 1. The molecule has 0 amide bonds. The molecule has 0 atom stereocenters. The number of methoxy groups -OCH3 is 1. The van der Waals surface area contributed by atoms with Crippen LogP contribution in [0.5, 0.6) is 5.75 Å². The number of nitrogens with zero attached hydrogens (tertiary/aromatic N) is 1. The molecule has 21 heavy (non-hydrogen) atoms. The molecule has 1 fully saturated rings. The van der Waals surface area contributed by atoms with Crippen LogP contribution in [0.25, 0.3) is 0 Å². The van der Waals surface area contributed by atoms with Crippen molar-refractivity contribution in [1.29, 1.82) is 0 Å². The normalized spacial score (nSPS) is 16.9.